The van der Waals surface area contributed by atoms with E-state index in [0.29, 0.717) is 10.6 Å². The van der Waals surface area contributed by atoms with Gasteiger partial charge in [0, 0.05) is 10.8 Å². The van der Waals surface area contributed by atoms with Gasteiger partial charge in [-0.25, -0.2) is 22.9 Å². The number of nitrogens with one attached hydrogen (secondary N) is 1. The van der Waals surface area contributed by atoms with Crippen molar-refractivity contribution in [1.82, 2.24) is 9.71 Å². The van der Waals surface area contributed by atoms with E-state index in [0.717, 1.165) is 5.69 Å². The van der Waals surface area contributed by atoms with Crippen molar-refractivity contribution in [3.63, 3.8) is 0 Å². The summed E-state index contributed by atoms with van der Waals surface area (Å²) in [5.74, 6) is -1.24. The molecule has 2 aromatic rings. The zero-order chi connectivity index (χ0) is 18.0. The van der Waals surface area contributed by atoms with Crippen molar-refractivity contribution in [3.05, 3.63) is 51.5 Å². The molecule has 0 unspecified atom stereocenters. The highest BCUT2D eigenvalue weighted by Gasteiger charge is 2.18. The minimum absolute atomic E-state index is 0.0699. The molecule has 0 spiro atoms. The molecule has 6 nitrogen and oxygen atoms in total. The van der Waals surface area contributed by atoms with E-state index in [1.807, 2.05) is 5.38 Å². The van der Waals surface area contributed by atoms with Crippen LogP contribution in [-0.2, 0) is 27.7 Å². The van der Waals surface area contributed by atoms with Crippen LogP contribution in [0.2, 0.25) is 0 Å². The standard InChI is InChI=1S/C16H20N2O4S2/c1-16(2,3)13-9-23-14(18-13)8-17-24(21,22)10-11-4-6-12(7-5-11)15(19)20/h4-7,9,17H,8,10H2,1-3H3,(H,19,20). The Hall–Kier alpha value is -1.77. The number of carboxylic acids is 1. The first-order valence-corrected chi connectivity index (χ1v) is 9.84. The van der Waals surface area contributed by atoms with Crippen LogP contribution in [0.3, 0.4) is 0 Å². The van der Waals surface area contributed by atoms with Crippen LogP contribution >= 0.6 is 11.3 Å². The van der Waals surface area contributed by atoms with Gasteiger partial charge in [0.25, 0.3) is 0 Å². The number of aromatic carboxylic acids is 1. The topological polar surface area (TPSA) is 96.4 Å². The van der Waals surface area contributed by atoms with Crippen LogP contribution < -0.4 is 4.72 Å². The predicted octanol–water partition coefficient (Wildman–Crippen LogP) is 2.76. The predicted molar refractivity (Wildman–Crippen MR) is 93.7 cm³/mol. The van der Waals surface area contributed by atoms with Crippen molar-refractivity contribution < 1.29 is 18.3 Å². The number of rotatable bonds is 6. The molecule has 0 atom stereocenters. The molecule has 0 bridgehead atoms. The fourth-order valence-corrected chi connectivity index (χ4v) is 4.06. The number of carbonyl (C=O) groups is 1. The minimum Gasteiger partial charge on any atom is -0.478 e. The summed E-state index contributed by atoms with van der Waals surface area (Å²) in [4.78, 5) is 15.2. The van der Waals surface area contributed by atoms with Gasteiger partial charge in [-0.05, 0) is 17.7 Å². The monoisotopic (exact) mass is 368 g/mol. The van der Waals surface area contributed by atoms with Crippen LogP contribution in [0.15, 0.2) is 29.6 Å². The number of hydrogen-bond acceptors (Lipinski definition) is 5. The number of sulfonamides is 1. The van der Waals surface area contributed by atoms with E-state index in [2.05, 4.69) is 30.5 Å². The summed E-state index contributed by atoms with van der Waals surface area (Å²) in [5, 5.41) is 11.5. The van der Waals surface area contributed by atoms with E-state index in [-0.39, 0.29) is 23.3 Å². The van der Waals surface area contributed by atoms with E-state index >= 15 is 0 Å². The van der Waals surface area contributed by atoms with Crippen LogP contribution in [-0.4, -0.2) is 24.5 Å². The Morgan fingerprint density at radius 3 is 2.38 bits per heavy atom. The third kappa shape index (κ3) is 5.12. The maximum Gasteiger partial charge on any atom is 0.335 e. The first kappa shape index (κ1) is 18.6. The molecule has 130 valence electrons. The Kier molecular flexibility index (Phi) is 5.42. The Morgan fingerprint density at radius 2 is 1.88 bits per heavy atom. The average Bonchev–Trinajstić information content (AvgIpc) is 2.94. The molecule has 0 fully saturated rings. The first-order chi connectivity index (χ1) is 11.1. The SMILES string of the molecule is CC(C)(C)c1csc(CNS(=O)(=O)Cc2ccc(C(=O)O)cc2)n1. The second-order valence-electron chi connectivity index (χ2n) is 6.46. The first-order valence-electron chi connectivity index (χ1n) is 7.31. The van der Waals surface area contributed by atoms with Gasteiger partial charge in [-0.15, -0.1) is 11.3 Å². The Balaban J connectivity index is 1.98. The van der Waals surface area contributed by atoms with Gasteiger partial charge in [0.15, 0.2) is 0 Å². The molecule has 0 amide bonds. The lowest BCUT2D eigenvalue weighted by molar-refractivity contribution is 0.0697. The fraction of sp³-hybridized carbons (Fsp3) is 0.375. The maximum absolute atomic E-state index is 12.1. The lowest BCUT2D eigenvalue weighted by Gasteiger charge is -2.14. The number of hydrogen-bond donors (Lipinski definition) is 2. The smallest absolute Gasteiger partial charge is 0.335 e. The van der Waals surface area contributed by atoms with Crippen LogP contribution in [0, 0.1) is 0 Å². The molecule has 24 heavy (non-hydrogen) atoms. The largest absolute Gasteiger partial charge is 0.478 e. The number of aromatic nitrogens is 1. The fourth-order valence-electron chi connectivity index (χ4n) is 1.92. The lowest BCUT2D eigenvalue weighted by atomic mass is 9.93. The van der Waals surface area contributed by atoms with E-state index in [9.17, 15) is 13.2 Å². The molecule has 0 aliphatic carbocycles. The summed E-state index contributed by atoms with van der Waals surface area (Å²) in [6, 6.07) is 5.79. The van der Waals surface area contributed by atoms with Gasteiger partial charge in [0.1, 0.15) is 5.01 Å². The van der Waals surface area contributed by atoms with E-state index < -0.39 is 16.0 Å². The average molecular weight is 368 g/mol. The number of thiazole rings is 1. The molecule has 1 aromatic carbocycles. The van der Waals surface area contributed by atoms with E-state index in [1.54, 1.807) is 0 Å². The summed E-state index contributed by atoms with van der Waals surface area (Å²) in [6.45, 7) is 6.31. The summed E-state index contributed by atoms with van der Waals surface area (Å²) >= 11 is 1.43. The van der Waals surface area contributed by atoms with E-state index in [1.165, 1.54) is 35.6 Å². The quantitative estimate of drug-likeness (QED) is 0.817. The minimum atomic E-state index is -3.52. The molecule has 8 heteroatoms. The number of carboxylic acid groups (broad SMARTS) is 1. The summed E-state index contributed by atoms with van der Waals surface area (Å²) in [6.07, 6.45) is 0. The molecular formula is C16H20N2O4S2. The third-order valence-electron chi connectivity index (χ3n) is 3.32. The zero-order valence-electron chi connectivity index (χ0n) is 13.7. The molecule has 0 radical (unpaired) electrons. The highest BCUT2D eigenvalue weighted by molar-refractivity contribution is 7.88. The molecular weight excluding hydrogens is 348 g/mol. The van der Waals surface area contributed by atoms with Gasteiger partial charge in [0.05, 0.1) is 23.6 Å². The van der Waals surface area contributed by atoms with Gasteiger partial charge in [-0.1, -0.05) is 32.9 Å². The third-order valence-corrected chi connectivity index (χ3v) is 5.47. The highest BCUT2D eigenvalue weighted by atomic mass is 32.2. The zero-order valence-corrected chi connectivity index (χ0v) is 15.4. The summed E-state index contributed by atoms with van der Waals surface area (Å²) in [5.41, 5.74) is 1.52. The molecule has 1 heterocycles. The highest BCUT2D eigenvalue weighted by Crippen LogP contribution is 2.23. The van der Waals surface area contributed by atoms with Crippen molar-refractivity contribution in [2.45, 2.75) is 38.5 Å². The molecule has 0 saturated heterocycles. The van der Waals surface area contributed by atoms with Gasteiger partial charge in [-0.3, -0.25) is 0 Å². The summed E-state index contributed by atoms with van der Waals surface area (Å²) < 4.78 is 26.8. The Bertz CT molecular complexity index is 819. The second kappa shape index (κ2) is 7.00. The number of nitrogens with zero attached hydrogens (tertiary/aromatic N) is 1. The van der Waals surface area contributed by atoms with Gasteiger partial charge >= 0.3 is 5.97 Å². The van der Waals surface area contributed by atoms with Crippen LogP contribution in [0.5, 0.6) is 0 Å². The molecule has 0 aliphatic heterocycles. The van der Waals surface area contributed by atoms with Crippen molar-refractivity contribution in [2.75, 3.05) is 0 Å². The van der Waals surface area contributed by atoms with Gasteiger partial charge < -0.3 is 5.11 Å². The molecule has 2 N–H and O–H groups in total. The Morgan fingerprint density at radius 1 is 1.25 bits per heavy atom. The van der Waals surface area contributed by atoms with Gasteiger partial charge in [-0.2, -0.15) is 0 Å². The van der Waals surface area contributed by atoms with Crippen molar-refractivity contribution in [1.29, 1.82) is 0 Å². The van der Waals surface area contributed by atoms with Crippen LogP contribution in [0.25, 0.3) is 0 Å². The number of benzene rings is 1. The van der Waals surface area contributed by atoms with E-state index in [4.69, 9.17) is 5.11 Å². The van der Waals surface area contributed by atoms with Crippen LogP contribution in [0.1, 0.15) is 47.4 Å². The molecule has 1 aromatic heterocycles. The molecule has 0 saturated carbocycles. The molecule has 2 rings (SSSR count). The van der Waals surface area contributed by atoms with Gasteiger partial charge in [0.2, 0.25) is 10.0 Å². The maximum atomic E-state index is 12.1. The van der Waals surface area contributed by atoms with Crippen molar-refractivity contribution in [2.24, 2.45) is 0 Å². The van der Waals surface area contributed by atoms with Crippen molar-refractivity contribution in [3.8, 4) is 0 Å². The summed E-state index contributed by atoms with van der Waals surface area (Å²) in [7, 11) is -3.52. The van der Waals surface area contributed by atoms with Crippen molar-refractivity contribution >= 4 is 27.3 Å². The normalized spacial score (nSPS) is 12.3. The lowest BCUT2D eigenvalue weighted by Crippen LogP contribution is -2.24. The van der Waals surface area contributed by atoms with Crippen LogP contribution in [0.4, 0.5) is 0 Å². The molecule has 0 aliphatic rings. The Labute approximate surface area is 145 Å². The second-order valence-corrected chi connectivity index (χ2v) is 9.21.